The molecule has 0 saturated carbocycles. The van der Waals surface area contributed by atoms with Crippen LogP contribution in [0.4, 0.5) is 4.39 Å². The van der Waals surface area contributed by atoms with E-state index < -0.39 is 5.97 Å². The molecule has 1 aromatic heterocycles. The number of carboxylic acids is 1. The second kappa shape index (κ2) is 6.38. The van der Waals surface area contributed by atoms with Crippen molar-refractivity contribution in [1.82, 2.24) is 14.9 Å². The van der Waals surface area contributed by atoms with Gasteiger partial charge in [-0.2, -0.15) is 0 Å². The zero-order valence-electron chi connectivity index (χ0n) is 10.5. The van der Waals surface area contributed by atoms with Crippen LogP contribution in [-0.4, -0.2) is 31.7 Å². The van der Waals surface area contributed by atoms with Gasteiger partial charge >= 0.3 is 5.97 Å². The Morgan fingerprint density at radius 1 is 1.35 bits per heavy atom. The molecule has 8 heteroatoms. The van der Waals surface area contributed by atoms with Gasteiger partial charge in [-0.05, 0) is 17.7 Å². The van der Waals surface area contributed by atoms with Crippen molar-refractivity contribution in [2.24, 2.45) is 0 Å². The number of nitrogen functional groups attached to an aromatic ring is 1. The number of hydrogen-bond donors (Lipinski definition) is 2. The number of nitrogens with two attached hydrogens (primary N) is 1. The highest BCUT2D eigenvalue weighted by molar-refractivity contribution is 7.99. The highest BCUT2D eigenvalue weighted by Crippen LogP contribution is 2.17. The van der Waals surface area contributed by atoms with Crippen LogP contribution in [0.5, 0.6) is 0 Å². The van der Waals surface area contributed by atoms with Crippen molar-refractivity contribution in [2.75, 3.05) is 11.6 Å². The molecule has 106 valence electrons. The summed E-state index contributed by atoms with van der Waals surface area (Å²) in [7, 11) is 0. The average Bonchev–Trinajstić information content (AvgIpc) is 2.74. The second-order valence-corrected chi connectivity index (χ2v) is 5.13. The maximum atomic E-state index is 12.8. The van der Waals surface area contributed by atoms with E-state index in [4.69, 9.17) is 10.9 Å². The third-order valence-electron chi connectivity index (χ3n) is 2.56. The van der Waals surface area contributed by atoms with E-state index in [0.717, 1.165) is 5.56 Å². The molecule has 0 fully saturated rings. The monoisotopic (exact) mass is 296 g/mol. The maximum Gasteiger partial charge on any atom is 0.304 e. The van der Waals surface area contributed by atoms with Gasteiger partial charge in [-0.3, -0.25) is 4.79 Å². The van der Waals surface area contributed by atoms with Gasteiger partial charge in [0, 0.05) is 12.2 Å². The summed E-state index contributed by atoms with van der Waals surface area (Å²) < 4.78 is 14.1. The van der Waals surface area contributed by atoms with Gasteiger partial charge in [0.25, 0.3) is 0 Å². The van der Waals surface area contributed by atoms with Crippen molar-refractivity contribution in [1.29, 1.82) is 0 Å². The predicted molar refractivity (Wildman–Crippen MR) is 72.4 cm³/mol. The van der Waals surface area contributed by atoms with Gasteiger partial charge < -0.3 is 10.9 Å². The first-order valence-corrected chi connectivity index (χ1v) is 6.83. The van der Waals surface area contributed by atoms with Gasteiger partial charge in [-0.15, -0.1) is 10.2 Å². The third-order valence-corrected chi connectivity index (χ3v) is 3.50. The molecule has 0 amide bonds. The van der Waals surface area contributed by atoms with Gasteiger partial charge in [0.1, 0.15) is 5.82 Å². The molecule has 1 heterocycles. The van der Waals surface area contributed by atoms with Crippen LogP contribution in [0.25, 0.3) is 0 Å². The zero-order valence-corrected chi connectivity index (χ0v) is 11.3. The highest BCUT2D eigenvalue weighted by atomic mass is 32.2. The Morgan fingerprint density at radius 2 is 2.05 bits per heavy atom. The quantitative estimate of drug-likeness (QED) is 0.616. The van der Waals surface area contributed by atoms with E-state index in [-0.39, 0.29) is 12.2 Å². The molecule has 0 aliphatic heterocycles. The summed E-state index contributed by atoms with van der Waals surface area (Å²) in [5, 5.41) is 16.9. The van der Waals surface area contributed by atoms with Crippen LogP contribution in [0, 0.1) is 5.82 Å². The van der Waals surface area contributed by atoms with E-state index in [1.807, 2.05) is 0 Å². The van der Waals surface area contributed by atoms with Crippen LogP contribution < -0.4 is 5.84 Å². The molecule has 2 rings (SSSR count). The molecule has 0 aliphatic rings. The largest absolute Gasteiger partial charge is 0.481 e. The van der Waals surface area contributed by atoms with Crippen LogP contribution in [0.1, 0.15) is 17.8 Å². The lowest BCUT2D eigenvalue weighted by atomic mass is 10.1. The molecular formula is C12H13FN4O2S. The topological polar surface area (TPSA) is 94.0 Å². The number of hydrogen-bond acceptors (Lipinski definition) is 5. The molecule has 3 N–H and O–H groups in total. The Morgan fingerprint density at radius 3 is 2.70 bits per heavy atom. The summed E-state index contributed by atoms with van der Waals surface area (Å²) in [4.78, 5) is 10.4. The number of halogens is 1. The first-order valence-electron chi connectivity index (χ1n) is 5.84. The standard InChI is InChI=1S/C12H13FN4O2S/c13-9-3-1-8(2-4-9)7-10-15-16-12(17(10)14)20-6-5-11(18)19/h1-4H,5-7,14H2,(H,18,19). The van der Waals surface area contributed by atoms with Crippen molar-refractivity contribution in [3.05, 3.63) is 41.5 Å². The van der Waals surface area contributed by atoms with Crippen molar-refractivity contribution in [2.45, 2.75) is 18.0 Å². The number of rotatable bonds is 6. The van der Waals surface area contributed by atoms with Crippen LogP contribution in [0.3, 0.4) is 0 Å². The van der Waals surface area contributed by atoms with Crippen molar-refractivity contribution in [3.8, 4) is 0 Å². The number of aromatic nitrogens is 3. The molecule has 0 bridgehead atoms. The van der Waals surface area contributed by atoms with E-state index in [1.165, 1.54) is 28.6 Å². The fourth-order valence-corrected chi connectivity index (χ4v) is 2.34. The minimum Gasteiger partial charge on any atom is -0.481 e. The fourth-order valence-electron chi connectivity index (χ4n) is 1.54. The summed E-state index contributed by atoms with van der Waals surface area (Å²) in [5.41, 5.74) is 0.868. The Balaban J connectivity index is 2.01. The number of aliphatic carboxylic acids is 1. The minimum atomic E-state index is -0.868. The van der Waals surface area contributed by atoms with Gasteiger partial charge in [0.15, 0.2) is 5.82 Å². The van der Waals surface area contributed by atoms with E-state index >= 15 is 0 Å². The number of benzene rings is 1. The highest BCUT2D eigenvalue weighted by Gasteiger charge is 2.11. The smallest absolute Gasteiger partial charge is 0.304 e. The molecule has 6 nitrogen and oxygen atoms in total. The Bertz CT molecular complexity index is 600. The zero-order chi connectivity index (χ0) is 14.5. The van der Waals surface area contributed by atoms with E-state index in [9.17, 15) is 9.18 Å². The predicted octanol–water partition coefficient (Wildman–Crippen LogP) is 1.29. The minimum absolute atomic E-state index is 0.0326. The summed E-state index contributed by atoms with van der Waals surface area (Å²) >= 11 is 1.23. The molecule has 0 radical (unpaired) electrons. The second-order valence-electron chi connectivity index (χ2n) is 4.06. The van der Waals surface area contributed by atoms with Gasteiger partial charge in [0.05, 0.1) is 6.42 Å². The number of carboxylic acid groups (broad SMARTS) is 1. The fraction of sp³-hybridized carbons (Fsp3) is 0.250. The van der Waals surface area contributed by atoms with Gasteiger partial charge in [-0.25, -0.2) is 9.07 Å². The first kappa shape index (κ1) is 14.3. The lowest BCUT2D eigenvalue weighted by Crippen LogP contribution is -2.14. The van der Waals surface area contributed by atoms with Crippen LogP contribution in [-0.2, 0) is 11.2 Å². The molecule has 0 aliphatic carbocycles. The van der Waals surface area contributed by atoms with Gasteiger partial charge in [-0.1, -0.05) is 23.9 Å². The molecule has 0 saturated heterocycles. The average molecular weight is 296 g/mol. The van der Waals surface area contributed by atoms with Crippen molar-refractivity contribution >= 4 is 17.7 Å². The third kappa shape index (κ3) is 3.70. The molecule has 1 aromatic carbocycles. The van der Waals surface area contributed by atoms with Crippen molar-refractivity contribution in [3.63, 3.8) is 0 Å². The van der Waals surface area contributed by atoms with E-state index in [0.29, 0.717) is 23.2 Å². The summed E-state index contributed by atoms with van der Waals surface area (Å²) in [6.45, 7) is 0. The molecular weight excluding hydrogens is 283 g/mol. The molecule has 0 atom stereocenters. The number of carbonyl (C=O) groups is 1. The lowest BCUT2D eigenvalue weighted by Gasteiger charge is -2.03. The Kier molecular flexibility index (Phi) is 4.57. The molecule has 0 spiro atoms. The molecule has 20 heavy (non-hydrogen) atoms. The van der Waals surface area contributed by atoms with Crippen molar-refractivity contribution < 1.29 is 14.3 Å². The molecule has 0 unspecified atom stereocenters. The maximum absolute atomic E-state index is 12.8. The van der Waals surface area contributed by atoms with E-state index in [1.54, 1.807) is 12.1 Å². The Hall–Kier alpha value is -2.09. The van der Waals surface area contributed by atoms with Crippen LogP contribution >= 0.6 is 11.8 Å². The van der Waals surface area contributed by atoms with E-state index in [2.05, 4.69) is 10.2 Å². The normalized spacial score (nSPS) is 10.7. The lowest BCUT2D eigenvalue weighted by molar-refractivity contribution is -0.136. The SMILES string of the molecule is Nn1c(Cc2ccc(F)cc2)nnc1SCCC(=O)O. The summed E-state index contributed by atoms with van der Waals surface area (Å²) in [6, 6.07) is 6.05. The number of nitrogens with zero attached hydrogens (tertiary/aromatic N) is 3. The molecule has 2 aromatic rings. The summed E-state index contributed by atoms with van der Waals surface area (Å²) in [6.07, 6.45) is 0.466. The summed E-state index contributed by atoms with van der Waals surface area (Å²) in [5.74, 6) is 5.59. The van der Waals surface area contributed by atoms with Crippen LogP contribution in [0.2, 0.25) is 0 Å². The Labute approximate surface area is 118 Å². The number of thioether (sulfide) groups is 1. The van der Waals surface area contributed by atoms with Gasteiger partial charge in [0.2, 0.25) is 5.16 Å². The van der Waals surface area contributed by atoms with Crippen LogP contribution in [0.15, 0.2) is 29.4 Å². The first-order chi connectivity index (χ1) is 9.56.